The monoisotopic (exact) mass is 297 g/mol. The Morgan fingerprint density at radius 1 is 1.30 bits per heavy atom. The van der Waals surface area contributed by atoms with Gasteiger partial charge in [0.1, 0.15) is 18.5 Å². The first-order valence-corrected chi connectivity index (χ1v) is 7.81. The minimum Gasteiger partial charge on any atom is -0.489 e. The number of ether oxygens (including phenoxy) is 1. The van der Waals surface area contributed by atoms with Crippen LogP contribution in [0.5, 0.6) is 5.75 Å². The maximum absolute atomic E-state index is 10.4. The van der Waals surface area contributed by atoms with Gasteiger partial charge in [-0.1, -0.05) is 31.5 Å². The number of aryl methyl sites for hydroxylation is 1. The van der Waals surface area contributed by atoms with Crippen molar-refractivity contribution in [2.75, 3.05) is 19.7 Å². The molecule has 0 aromatic heterocycles. The Labute approximate surface area is 126 Å². The van der Waals surface area contributed by atoms with Crippen molar-refractivity contribution in [2.24, 2.45) is 0 Å². The number of hydrogen-bond donors (Lipinski definition) is 1. The van der Waals surface area contributed by atoms with Crippen molar-refractivity contribution in [3.63, 3.8) is 0 Å². The third-order valence-corrected chi connectivity index (χ3v) is 3.99. The fraction of sp³-hybridized carbons (Fsp3) is 0.625. The number of hydrogen-bond acceptors (Lipinski definition) is 3. The van der Waals surface area contributed by atoms with Crippen molar-refractivity contribution in [3.8, 4) is 5.75 Å². The van der Waals surface area contributed by atoms with E-state index >= 15 is 0 Å². The van der Waals surface area contributed by atoms with Crippen LogP contribution in [-0.2, 0) is 0 Å². The summed E-state index contributed by atoms with van der Waals surface area (Å²) in [5.74, 6) is 0.741. The number of benzene rings is 1. The first kappa shape index (κ1) is 15.6. The highest BCUT2D eigenvalue weighted by atomic mass is 35.5. The molecular weight excluding hydrogens is 274 g/mol. The molecule has 0 saturated carbocycles. The van der Waals surface area contributed by atoms with Gasteiger partial charge in [-0.15, -0.1) is 0 Å². The quantitative estimate of drug-likeness (QED) is 0.902. The van der Waals surface area contributed by atoms with Gasteiger partial charge in [-0.2, -0.15) is 0 Å². The summed E-state index contributed by atoms with van der Waals surface area (Å²) in [7, 11) is 0. The number of fused-ring (bicyclic) bond motifs is 1. The molecule has 2 atom stereocenters. The van der Waals surface area contributed by atoms with Crippen LogP contribution in [0.2, 0.25) is 5.02 Å². The van der Waals surface area contributed by atoms with Crippen LogP contribution >= 0.6 is 11.6 Å². The lowest BCUT2D eigenvalue weighted by molar-refractivity contribution is -0.000183. The van der Waals surface area contributed by atoms with E-state index in [2.05, 4.69) is 24.8 Å². The molecule has 1 heterocycles. The van der Waals surface area contributed by atoms with E-state index in [0.29, 0.717) is 11.6 Å². The van der Waals surface area contributed by atoms with E-state index in [1.54, 1.807) is 0 Å². The summed E-state index contributed by atoms with van der Waals surface area (Å²) in [6, 6.07) is 3.99. The van der Waals surface area contributed by atoms with Gasteiger partial charge in [-0.05, 0) is 44.5 Å². The smallest absolute Gasteiger partial charge is 0.142 e. The molecule has 2 unspecified atom stereocenters. The third-order valence-electron chi connectivity index (χ3n) is 3.71. The molecule has 1 aromatic carbocycles. The molecule has 0 aliphatic carbocycles. The van der Waals surface area contributed by atoms with Gasteiger partial charge in [-0.3, -0.25) is 4.90 Å². The van der Waals surface area contributed by atoms with Crippen molar-refractivity contribution >= 4 is 11.6 Å². The average Bonchev–Trinajstić information content (AvgIpc) is 2.38. The van der Waals surface area contributed by atoms with E-state index < -0.39 is 6.10 Å². The Kier molecular flexibility index (Phi) is 5.30. The van der Waals surface area contributed by atoms with Crippen LogP contribution in [-0.4, -0.2) is 35.8 Å². The summed E-state index contributed by atoms with van der Waals surface area (Å²) in [5.41, 5.74) is 2.13. The lowest BCUT2D eigenvalue weighted by Gasteiger charge is -2.39. The lowest BCUT2D eigenvalue weighted by Crippen LogP contribution is -2.43. The molecular formula is C16H24ClNO2. The molecule has 20 heavy (non-hydrogen) atoms. The Hall–Kier alpha value is -0.770. The van der Waals surface area contributed by atoms with E-state index in [0.717, 1.165) is 42.8 Å². The zero-order chi connectivity index (χ0) is 14.7. The molecule has 112 valence electrons. The zero-order valence-corrected chi connectivity index (χ0v) is 13.3. The van der Waals surface area contributed by atoms with Crippen molar-refractivity contribution in [1.29, 1.82) is 0 Å². The molecule has 4 heteroatoms. The molecule has 1 aliphatic heterocycles. The van der Waals surface area contributed by atoms with Gasteiger partial charge in [0, 0.05) is 5.56 Å². The fourth-order valence-corrected chi connectivity index (χ4v) is 3.34. The highest BCUT2D eigenvalue weighted by Crippen LogP contribution is 2.41. The van der Waals surface area contributed by atoms with Gasteiger partial charge in [0.05, 0.1) is 11.1 Å². The molecule has 1 aliphatic rings. The van der Waals surface area contributed by atoms with Crippen LogP contribution < -0.4 is 4.74 Å². The van der Waals surface area contributed by atoms with E-state index in [9.17, 15) is 5.11 Å². The van der Waals surface area contributed by atoms with Crippen molar-refractivity contribution in [1.82, 2.24) is 4.90 Å². The standard InChI is InChI=1S/C16H24ClNO2/c1-4-6-18(7-5-2)15-12-8-11(3)9-13(17)16(12)20-10-14(15)19/h8-9,14-15,19H,4-7,10H2,1-3H3. The molecule has 1 aromatic rings. The first-order valence-electron chi connectivity index (χ1n) is 7.43. The second kappa shape index (κ2) is 6.79. The minimum atomic E-state index is -0.501. The molecule has 0 bridgehead atoms. The first-order chi connectivity index (χ1) is 9.58. The Bertz CT molecular complexity index is 458. The van der Waals surface area contributed by atoms with Crippen LogP contribution in [0.4, 0.5) is 0 Å². The maximum atomic E-state index is 10.4. The molecule has 3 nitrogen and oxygen atoms in total. The summed E-state index contributed by atoms with van der Waals surface area (Å²) in [5, 5.41) is 11.1. The minimum absolute atomic E-state index is 0.0175. The predicted molar refractivity (Wildman–Crippen MR) is 82.6 cm³/mol. The topological polar surface area (TPSA) is 32.7 Å². The largest absolute Gasteiger partial charge is 0.489 e. The molecule has 0 amide bonds. The van der Waals surface area contributed by atoms with Crippen molar-refractivity contribution in [3.05, 3.63) is 28.3 Å². The second-order valence-electron chi connectivity index (χ2n) is 5.52. The molecule has 0 fully saturated rings. The van der Waals surface area contributed by atoms with Crippen LogP contribution in [0.15, 0.2) is 12.1 Å². The van der Waals surface area contributed by atoms with E-state index in [1.807, 2.05) is 13.0 Å². The molecule has 1 N–H and O–H groups in total. The number of aliphatic hydroxyl groups is 1. The number of aliphatic hydroxyl groups excluding tert-OH is 1. The van der Waals surface area contributed by atoms with Crippen LogP contribution in [0, 0.1) is 6.92 Å². The van der Waals surface area contributed by atoms with E-state index in [1.165, 1.54) is 0 Å². The predicted octanol–water partition coefficient (Wildman–Crippen LogP) is 3.56. The van der Waals surface area contributed by atoms with Gasteiger partial charge in [-0.25, -0.2) is 0 Å². The normalized spacial score (nSPS) is 21.7. The third kappa shape index (κ3) is 3.11. The van der Waals surface area contributed by atoms with E-state index in [-0.39, 0.29) is 6.04 Å². The van der Waals surface area contributed by atoms with Gasteiger partial charge < -0.3 is 9.84 Å². The molecule has 0 saturated heterocycles. The Balaban J connectivity index is 2.42. The summed E-state index contributed by atoms with van der Waals surface area (Å²) >= 11 is 6.29. The molecule has 0 radical (unpaired) electrons. The average molecular weight is 298 g/mol. The summed E-state index contributed by atoms with van der Waals surface area (Å²) < 4.78 is 5.65. The second-order valence-corrected chi connectivity index (χ2v) is 5.93. The Morgan fingerprint density at radius 3 is 2.55 bits per heavy atom. The van der Waals surface area contributed by atoms with Gasteiger partial charge in [0.15, 0.2) is 0 Å². The number of rotatable bonds is 5. The summed E-state index contributed by atoms with van der Waals surface area (Å²) in [6.45, 7) is 8.61. The van der Waals surface area contributed by atoms with Crippen LogP contribution in [0.1, 0.15) is 43.9 Å². The molecule has 2 rings (SSSR count). The maximum Gasteiger partial charge on any atom is 0.142 e. The van der Waals surface area contributed by atoms with E-state index in [4.69, 9.17) is 16.3 Å². The van der Waals surface area contributed by atoms with Gasteiger partial charge in [0.2, 0.25) is 0 Å². The fourth-order valence-electron chi connectivity index (χ4n) is 3.00. The van der Waals surface area contributed by atoms with Gasteiger partial charge >= 0.3 is 0 Å². The van der Waals surface area contributed by atoms with Gasteiger partial charge in [0.25, 0.3) is 0 Å². The SMILES string of the molecule is CCCN(CCC)C1c2cc(C)cc(Cl)c2OCC1O. The number of halogens is 1. The summed E-state index contributed by atoms with van der Waals surface area (Å²) in [6.07, 6.45) is 1.64. The van der Waals surface area contributed by atoms with Crippen molar-refractivity contribution < 1.29 is 9.84 Å². The van der Waals surface area contributed by atoms with Crippen LogP contribution in [0.3, 0.4) is 0 Å². The van der Waals surface area contributed by atoms with Crippen LogP contribution in [0.25, 0.3) is 0 Å². The van der Waals surface area contributed by atoms with Crippen molar-refractivity contribution in [2.45, 2.75) is 45.8 Å². The highest BCUT2D eigenvalue weighted by molar-refractivity contribution is 6.32. The zero-order valence-electron chi connectivity index (χ0n) is 12.5. The molecule has 0 spiro atoms. The number of nitrogens with zero attached hydrogens (tertiary/aromatic N) is 1. The summed E-state index contributed by atoms with van der Waals surface area (Å²) in [4.78, 5) is 2.35. The Morgan fingerprint density at radius 2 is 1.95 bits per heavy atom. The highest BCUT2D eigenvalue weighted by Gasteiger charge is 2.34. The lowest BCUT2D eigenvalue weighted by atomic mass is 9.94.